The zero-order valence-electron chi connectivity index (χ0n) is 19.8. The van der Waals surface area contributed by atoms with Crippen molar-refractivity contribution >= 4 is 22.6 Å². The third kappa shape index (κ3) is 4.60. The number of carbonyl (C=O) groups is 1. The molecule has 2 aromatic carbocycles. The second kappa shape index (κ2) is 10.0. The van der Waals surface area contributed by atoms with E-state index in [2.05, 4.69) is 4.90 Å². The normalized spacial score (nSPS) is 17.7. The van der Waals surface area contributed by atoms with Gasteiger partial charge in [-0.25, -0.2) is 4.79 Å². The molecule has 0 saturated carbocycles. The third-order valence-electron chi connectivity index (χ3n) is 7.10. The van der Waals surface area contributed by atoms with Crippen LogP contribution in [0.15, 0.2) is 57.7 Å². The Labute approximate surface area is 200 Å². The van der Waals surface area contributed by atoms with Gasteiger partial charge in [-0.15, -0.1) is 0 Å². The van der Waals surface area contributed by atoms with Crippen molar-refractivity contribution in [3.05, 3.63) is 70.1 Å². The molecule has 1 atom stereocenters. The third-order valence-corrected chi connectivity index (χ3v) is 7.10. The molecule has 1 fully saturated rings. The van der Waals surface area contributed by atoms with Crippen molar-refractivity contribution in [1.82, 2.24) is 4.90 Å². The van der Waals surface area contributed by atoms with Gasteiger partial charge in [0.1, 0.15) is 23.6 Å². The number of fused-ring (bicyclic) bond motifs is 3. The maximum absolute atomic E-state index is 13.6. The molecular weight excluding hydrogens is 428 g/mol. The number of likely N-dealkylation sites (tertiary alicyclic amines) is 1. The van der Waals surface area contributed by atoms with Crippen LogP contribution in [0.25, 0.3) is 11.0 Å². The summed E-state index contributed by atoms with van der Waals surface area (Å²) in [6.07, 6.45) is 6.22. The molecule has 34 heavy (non-hydrogen) atoms. The van der Waals surface area contributed by atoms with Gasteiger partial charge in [-0.3, -0.25) is 9.69 Å². The number of amides is 1. The first kappa shape index (κ1) is 22.7. The highest BCUT2D eigenvalue weighted by molar-refractivity contribution is 6.00. The van der Waals surface area contributed by atoms with Crippen molar-refractivity contribution in [1.29, 1.82) is 0 Å². The topological polar surface area (TPSA) is 63.0 Å². The molecular formula is C28H32N2O4. The van der Waals surface area contributed by atoms with Gasteiger partial charge in [0.2, 0.25) is 5.91 Å². The standard InChI is InChI=1S/C28H32N2O4/c1-20(29-15-7-2-3-8-16-29)27(31)30-17-9-12-23-24-18-22(33-19-21-10-5-4-6-11-21)13-14-25(24)34-28(32)26(23)30/h4-6,10-11,13-14,18,20H,2-3,7-9,12,15-17,19H2,1H3/t20-/m1/s1. The molecule has 1 saturated heterocycles. The lowest BCUT2D eigenvalue weighted by molar-refractivity contribution is -0.123. The Morgan fingerprint density at radius 3 is 2.53 bits per heavy atom. The molecule has 2 aliphatic rings. The molecule has 0 aliphatic carbocycles. The summed E-state index contributed by atoms with van der Waals surface area (Å²) in [6, 6.07) is 15.3. The molecule has 1 amide bonds. The van der Waals surface area contributed by atoms with E-state index in [4.69, 9.17) is 9.15 Å². The number of rotatable bonds is 5. The molecule has 3 aromatic rings. The number of ether oxygens (including phenoxy) is 1. The number of anilines is 1. The molecule has 6 heteroatoms. The fourth-order valence-corrected chi connectivity index (χ4v) is 5.20. The Morgan fingerprint density at radius 2 is 1.76 bits per heavy atom. The van der Waals surface area contributed by atoms with Crippen LogP contribution in [0.3, 0.4) is 0 Å². The van der Waals surface area contributed by atoms with Crippen molar-refractivity contribution in [2.75, 3.05) is 24.5 Å². The number of aryl methyl sites for hydroxylation is 1. The summed E-state index contributed by atoms with van der Waals surface area (Å²) < 4.78 is 11.7. The SMILES string of the molecule is C[C@H](C(=O)N1CCCc2c1c(=O)oc1ccc(OCc3ccccc3)cc21)N1CCCCCC1. The van der Waals surface area contributed by atoms with E-state index in [0.29, 0.717) is 30.2 Å². The van der Waals surface area contributed by atoms with Crippen molar-refractivity contribution < 1.29 is 13.9 Å². The maximum Gasteiger partial charge on any atom is 0.360 e. The molecule has 0 bridgehead atoms. The number of carbonyl (C=O) groups excluding carboxylic acids is 1. The number of hydrogen-bond acceptors (Lipinski definition) is 5. The first-order chi connectivity index (χ1) is 16.6. The highest BCUT2D eigenvalue weighted by Crippen LogP contribution is 2.33. The predicted octanol–water partition coefficient (Wildman–Crippen LogP) is 4.92. The van der Waals surface area contributed by atoms with Gasteiger partial charge in [-0.1, -0.05) is 43.2 Å². The van der Waals surface area contributed by atoms with Crippen LogP contribution in [0.2, 0.25) is 0 Å². The van der Waals surface area contributed by atoms with Crippen LogP contribution >= 0.6 is 0 Å². The summed E-state index contributed by atoms with van der Waals surface area (Å²) in [5.41, 5.74) is 2.48. The van der Waals surface area contributed by atoms with Crippen molar-refractivity contribution in [2.24, 2.45) is 0 Å². The lowest BCUT2D eigenvalue weighted by atomic mass is 9.98. The Bertz CT molecular complexity index is 1210. The van der Waals surface area contributed by atoms with Crippen LogP contribution in [0, 0.1) is 0 Å². The second-order valence-electron chi connectivity index (χ2n) is 9.37. The highest BCUT2D eigenvalue weighted by atomic mass is 16.5. The minimum absolute atomic E-state index is 0.00835. The highest BCUT2D eigenvalue weighted by Gasteiger charge is 2.33. The molecule has 178 valence electrons. The summed E-state index contributed by atoms with van der Waals surface area (Å²) in [6.45, 7) is 4.85. The smallest absolute Gasteiger partial charge is 0.360 e. The zero-order valence-corrected chi connectivity index (χ0v) is 19.8. The summed E-state index contributed by atoms with van der Waals surface area (Å²) in [4.78, 5) is 30.5. The average Bonchev–Trinajstić information content (AvgIpc) is 3.17. The lowest BCUT2D eigenvalue weighted by Crippen LogP contribution is -2.50. The van der Waals surface area contributed by atoms with Gasteiger partial charge in [-0.2, -0.15) is 0 Å². The fraction of sp³-hybridized carbons (Fsp3) is 0.429. The lowest BCUT2D eigenvalue weighted by Gasteiger charge is -2.34. The summed E-state index contributed by atoms with van der Waals surface area (Å²) in [5, 5.41) is 0.847. The summed E-state index contributed by atoms with van der Waals surface area (Å²) >= 11 is 0. The molecule has 0 radical (unpaired) electrons. The first-order valence-electron chi connectivity index (χ1n) is 12.4. The van der Waals surface area contributed by atoms with Crippen molar-refractivity contribution in [3.63, 3.8) is 0 Å². The Kier molecular flexibility index (Phi) is 6.68. The van der Waals surface area contributed by atoms with Crippen LogP contribution in [0.5, 0.6) is 5.75 Å². The van der Waals surface area contributed by atoms with Crippen LogP contribution in [0.4, 0.5) is 5.69 Å². The molecule has 0 N–H and O–H groups in total. The van der Waals surface area contributed by atoms with E-state index < -0.39 is 5.63 Å². The van der Waals surface area contributed by atoms with E-state index in [9.17, 15) is 9.59 Å². The van der Waals surface area contributed by atoms with Crippen LogP contribution in [0.1, 0.15) is 50.2 Å². The Hall–Kier alpha value is -3.12. The number of hydrogen-bond donors (Lipinski definition) is 0. The number of benzene rings is 2. The largest absolute Gasteiger partial charge is 0.489 e. The minimum atomic E-state index is -0.434. The van der Waals surface area contributed by atoms with Gasteiger partial charge in [-0.05, 0) is 75.0 Å². The molecule has 5 rings (SSSR count). The Morgan fingerprint density at radius 1 is 1.00 bits per heavy atom. The fourth-order valence-electron chi connectivity index (χ4n) is 5.20. The molecule has 6 nitrogen and oxygen atoms in total. The van der Waals surface area contributed by atoms with Gasteiger partial charge in [0, 0.05) is 11.9 Å². The Balaban J connectivity index is 1.45. The molecule has 0 spiro atoms. The van der Waals surface area contributed by atoms with E-state index >= 15 is 0 Å². The number of nitrogens with zero attached hydrogens (tertiary/aromatic N) is 2. The molecule has 0 unspecified atom stereocenters. The maximum atomic E-state index is 13.6. The van der Waals surface area contributed by atoms with E-state index in [1.54, 1.807) is 11.0 Å². The minimum Gasteiger partial charge on any atom is -0.489 e. The van der Waals surface area contributed by atoms with E-state index in [0.717, 1.165) is 55.3 Å². The first-order valence-corrected chi connectivity index (χ1v) is 12.4. The monoisotopic (exact) mass is 460 g/mol. The van der Waals surface area contributed by atoms with Crippen molar-refractivity contribution in [3.8, 4) is 5.75 Å². The van der Waals surface area contributed by atoms with Gasteiger partial charge in [0.15, 0.2) is 0 Å². The average molecular weight is 461 g/mol. The van der Waals surface area contributed by atoms with Gasteiger partial charge in [0.05, 0.1) is 6.04 Å². The van der Waals surface area contributed by atoms with Crippen molar-refractivity contribution in [2.45, 2.75) is 58.1 Å². The summed E-state index contributed by atoms with van der Waals surface area (Å²) in [5.74, 6) is 0.708. The van der Waals surface area contributed by atoms with Gasteiger partial charge < -0.3 is 14.1 Å². The van der Waals surface area contributed by atoms with E-state index in [1.807, 2.05) is 49.4 Å². The summed E-state index contributed by atoms with van der Waals surface area (Å²) in [7, 11) is 0. The zero-order chi connectivity index (χ0) is 23.5. The molecule has 3 heterocycles. The van der Waals surface area contributed by atoms with E-state index in [1.165, 1.54) is 12.8 Å². The quantitative estimate of drug-likeness (QED) is 0.506. The van der Waals surface area contributed by atoms with Crippen LogP contribution in [-0.2, 0) is 17.8 Å². The molecule has 1 aromatic heterocycles. The predicted molar refractivity (Wildman–Crippen MR) is 133 cm³/mol. The van der Waals surface area contributed by atoms with Crippen LogP contribution < -0.4 is 15.3 Å². The van der Waals surface area contributed by atoms with E-state index in [-0.39, 0.29) is 11.9 Å². The second-order valence-corrected chi connectivity index (χ2v) is 9.37. The van der Waals surface area contributed by atoms with Gasteiger partial charge in [0.25, 0.3) is 0 Å². The molecule has 2 aliphatic heterocycles. The van der Waals surface area contributed by atoms with Gasteiger partial charge >= 0.3 is 5.63 Å². The van der Waals surface area contributed by atoms with Crippen LogP contribution in [-0.4, -0.2) is 36.5 Å².